The van der Waals surface area contributed by atoms with Crippen molar-refractivity contribution in [2.24, 2.45) is 5.10 Å². The summed E-state index contributed by atoms with van der Waals surface area (Å²) in [4.78, 5) is 4.49. The summed E-state index contributed by atoms with van der Waals surface area (Å²) in [6, 6.07) is 16.7. The van der Waals surface area contributed by atoms with E-state index in [1.54, 1.807) is 11.3 Å². The second-order valence-electron chi connectivity index (χ2n) is 6.07. The van der Waals surface area contributed by atoms with E-state index in [9.17, 15) is 0 Å². The first-order chi connectivity index (χ1) is 11.6. The fourth-order valence-corrected chi connectivity index (χ4v) is 3.20. The molecule has 0 amide bonds. The average molecular weight is 335 g/mol. The van der Waals surface area contributed by atoms with Crippen molar-refractivity contribution in [1.29, 1.82) is 0 Å². The van der Waals surface area contributed by atoms with Crippen LogP contribution in [-0.2, 0) is 0 Å². The summed E-state index contributed by atoms with van der Waals surface area (Å²) < 4.78 is 1.16. The molecule has 2 aromatic carbocycles. The normalized spacial score (nSPS) is 12.4. The van der Waals surface area contributed by atoms with E-state index in [-0.39, 0.29) is 0 Å². The molecule has 24 heavy (non-hydrogen) atoms. The first-order valence-electron chi connectivity index (χ1n) is 8.05. The monoisotopic (exact) mass is 335 g/mol. The molecule has 0 fully saturated rings. The Morgan fingerprint density at radius 3 is 2.58 bits per heavy atom. The first kappa shape index (κ1) is 16.4. The Balaban J connectivity index is 1.64. The molecule has 1 N–H and O–H groups in total. The number of hydrogen-bond acceptors (Lipinski definition) is 4. The number of nitrogens with one attached hydrogen (secondary N) is 1. The number of aromatic nitrogens is 1. The summed E-state index contributed by atoms with van der Waals surface area (Å²) in [6.07, 6.45) is 3.94. The molecule has 0 bridgehead atoms. The Hall–Kier alpha value is -2.46. The molecule has 122 valence electrons. The van der Waals surface area contributed by atoms with Crippen LogP contribution in [0.5, 0.6) is 0 Å². The van der Waals surface area contributed by atoms with Gasteiger partial charge in [0.25, 0.3) is 0 Å². The molecule has 1 aromatic heterocycles. The average Bonchev–Trinajstić information content (AvgIpc) is 2.98. The number of para-hydroxylation sites is 1. The van der Waals surface area contributed by atoms with Crippen LogP contribution in [-0.4, -0.2) is 11.2 Å². The predicted molar refractivity (Wildman–Crippen MR) is 106 cm³/mol. The Kier molecular flexibility index (Phi) is 5.06. The van der Waals surface area contributed by atoms with Crippen LogP contribution in [0.3, 0.4) is 0 Å². The number of hydrazone groups is 1. The lowest BCUT2D eigenvalue weighted by atomic mass is 10.0. The zero-order chi connectivity index (χ0) is 16.9. The minimum Gasteiger partial charge on any atom is -0.253 e. The van der Waals surface area contributed by atoms with Crippen molar-refractivity contribution in [1.82, 2.24) is 4.98 Å². The molecule has 3 rings (SSSR count). The van der Waals surface area contributed by atoms with Crippen LogP contribution in [0.2, 0.25) is 0 Å². The van der Waals surface area contributed by atoms with Crippen molar-refractivity contribution in [3.05, 3.63) is 65.2 Å². The maximum absolute atomic E-state index is 4.49. The summed E-state index contributed by atoms with van der Waals surface area (Å²) in [5, 5.41) is 5.09. The molecule has 0 aliphatic carbocycles. The molecule has 1 heterocycles. The van der Waals surface area contributed by atoms with Gasteiger partial charge in [0.1, 0.15) is 0 Å². The summed E-state index contributed by atoms with van der Waals surface area (Å²) in [5.41, 5.74) is 7.63. The van der Waals surface area contributed by atoms with Gasteiger partial charge in [0.2, 0.25) is 5.13 Å². The molecule has 0 atom stereocenters. The van der Waals surface area contributed by atoms with Crippen molar-refractivity contribution in [2.75, 3.05) is 5.43 Å². The number of rotatable bonds is 5. The molecule has 0 saturated carbocycles. The minimum absolute atomic E-state index is 0.559. The van der Waals surface area contributed by atoms with Gasteiger partial charge in [0.15, 0.2) is 0 Å². The molecule has 3 nitrogen and oxygen atoms in total. The summed E-state index contributed by atoms with van der Waals surface area (Å²) in [5.74, 6) is 0.559. The third-order valence-corrected chi connectivity index (χ3v) is 4.66. The van der Waals surface area contributed by atoms with E-state index in [1.165, 1.54) is 11.1 Å². The number of thiazole rings is 1. The van der Waals surface area contributed by atoms with Crippen LogP contribution in [0.25, 0.3) is 16.3 Å². The topological polar surface area (TPSA) is 37.3 Å². The summed E-state index contributed by atoms with van der Waals surface area (Å²) >= 11 is 1.60. The second-order valence-corrected chi connectivity index (χ2v) is 7.10. The molecule has 0 aliphatic heterocycles. The summed E-state index contributed by atoms with van der Waals surface area (Å²) in [6.45, 7) is 6.45. The van der Waals surface area contributed by atoms with Gasteiger partial charge in [-0.2, -0.15) is 5.10 Å². The van der Waals surface area contributed by atoms with E-state index in [4.69, 9.17) is 0 Å². The van der Waals surface area contributed by atoms with E-state index < -0.39 is 0 Å². The van der Waals surface area contributed by atoms with Crippen molar-refractivity contribution < 1.29 is 0 Å². The van der Waals surface area contributed by atoms with Gasteiger partial charge in [-0.15, -0.1) is 0 Å². The predicted octanol–water partition coefficient (Wildman–Crippen LogP) is 5.92. The van der Waals surface area contributed by atoms with E-state index in [2.05, 4.69) is 65.8 Å². The molecule has 0 radical (unpaired) electrons. The fourth-order valence-electron chi connectivity index (χ4n) is 2.39. The van der Waals surface area contributed by atoms with Gasteiger partial charge in [0, 0.05) is 0 Å². The highest BCUT2D eigenvalue weighted by molar-refractivity contribution is 7.22. The van der Waals surface area contributed by atoms with Crippen LogP contribution in [0.1, 0.15) is 37.8 Å². The zero-order valence-corrected chi connectivity index (χ0v) is 15.0. The van der Waals surface area contributed by atoms with Crippen molar-refractivity contribution >= 4 is 39.0 Å². The van der Waals surface area contributed by atoms with Crippen molar-refractivity contribution in [2.45, 2.75) is 26.7 Å². The lowest BCUT2D eigenvalue weighted by Gasteiger charge is -2.04. The largest absolute Gasteiger partial charge is 0.253 e. The molecule has 0 aliphatic rings. The maximum Gasteiger partial charge on any atom is 0.204 e. The SMILES string of the molecule is CC(/C=N\Nc1nc2ccccc2s1)=C\c1ccc(C(C)C)cc1. The number of allylic oxidation sites excluding steroid dienone is 1. The van der Waals surface area contributed by atoms with Crippen LogP contribution in [0.15, 0.2) is 59.2 Å². The van der Waals surface area contributed by atoms with Crippen LogP contribution in [0.4, 0.5) is 5.13 Å². The van der Waals surface area contributed by atoms with Crippen LogP contribution in [0, 0.1) is 0 Å². The number of hydrogen-bond donors (Lipinski definition) is 1. The molecular weight excluding hydrogens is 314 g/mol. The first-order valence-corrected chi connectivity index (χ1v) is 8.86. The van der Waals surface area contributed by atoms with E-state index >= 15 is 0 Å². The lowest BCUT2D eigenvalue weighted by molar-refractivity contribution is 0.866. The zero-order valence-electron chi connectivity index (χ0n) is 14.2. The summed E-state index contributed by atoms with van der Waals surface area (Å²) in [7, 11) is 0. The Labute approximate surface area is 146 Å². The molecule has 0 spiro atoms. The van der Waals surface area contributed by atoms with Gasteiger partial charge in [-0.25, -0.2) is 4.98 Å². The smallest absolute Gasteiger partial charge is 0.204 e. The fraction of sp³-hybridized carbons (Fsp3) is 0.200. The van der Waals surface area contributed by atoms with Crippen LogP contribution >= 0.6 is 11.3 Å². The highest BCUT2D eigenvalue weighted by Crippen LogP contribution is 2.25. The van der Waals surface area contributed by atoms with E-state index in [0.29, 0.717) is 5.92 Å². The number of benzene rings is 2. The van der Waals surface area contributed by atoms with E-state index in [1.807, 2.05) is 31.3 Å². The third kappa shape index (κ3) is 4.09. The van der Waals surface area contributed by atoms with Gasteiger partial charge in [0.05, 0.1) is 16.4 Å². The van der Waals surface area contributed by atoms with E-state index in [0.717, 1.165) is 20.9 Å². The van der Waals surface area contributed by atoms with Gasteiger partial charge >= 0.3 is 0 Å². The molecule has 4 heteroatoms. The number of fused-ring (bicyclic) bond motifs is 1. The van der Waals surface area contributed by atoms with Crippen molar-refractivity contribution in [3.8, 4) is 0 Å². The maximum atomic E-state index is 4.49. The van der Waals surface area contributed by atoms with Gasteiger partial charge in [-0.3, -0.25) is 5.43 Å². The van der Waals surface area contributed by atoms with Crippen LogP contribution < -0.4 is 5.43 Å². The molecular formula is C20H21N3S. The minimum atomic E-state index is 0.559. The lowest BCUT2D eigenvalue weighted by Crippen LogP contribution is -1.89. The van der Waals surface area contributed by atoms with Crippen molar-refractivity contribution in [3.63, 3.8) is 0 Å². The Morgan fingerprint density at radius 1 is 1.12 bits per heavy atom. The third-order valence-electron chi connectivity index (χ3n) is 3.72. The molecule has 3 aromatic rings. The highest BCUT2D eigenvalue weighted by atomic mass is 32.1. The molecule has 0 unspecified atom stereocenters. The Bertz CT molecular complexity index is 840. The molecule has 0 saturated heterocycles. The van der Waals surface area contributed by atoms with Gasteiger partial charge < -0.3 is 0 Å². The number of nitrogens with zero attached hydrogens (tertiary/aromatic N) is 2. The highest BCUT2D eigenvalue weighted by Gasteiger charge is 2.01. The van der Waals surface area contributed by atoms with Gasteiger partial charge in [-0.1, -0.05) is 67.7 Å². The van der Waals surface area contributed by atoms with Gasteiger partial charge in [-0.05, 0) is 41.7 Å². The second kappa shape index (κ2) is 7.41. The number of anilines is 1. The Morgan fingerprint density at radius 2 is 1.88 bits per heavy atom. The quantitative estimate of drug-likeness (QED) is 0.464. The standard InChI is InChI=1S/C20H21N3S/c1-14(2)17-10-8-16(9-11-17)12-15(3)13-21-23-20-22-18-6-4-5-7-19(18)24-20/h4-14H,1-3H3,(H,22,23)/b15-12+,21-13-.